The highest BCUT2D eigenvalue weighted by Gasteiger charge is 2.28. The van der Waals surface area contributed by atoms with Crippen molar-refractivity contribution in [3.05, 3.63) is 58.0 Å². The van der Waals surface area contributed by atoms with E-state index in [1.54, 1.807) is 31.3 Å². The van der Waals surface area contributed by atoms with E-state index in [0.717, 1.165) is 19.7 Å². The number of para-hydroxylation sites is 1. The number of thiazole rings is 1. The van der Waals surface area contributed by atoms with Gasteiger partial charge in [-0.1, -0.05) is 34.1 Å². The topological polar surface area (TPSA) is 50.3 Å². The van der Waals surface area contributed by atoms with Crippen LogP contribution in [0.1, 0.15) is 18.0 Å². The van der Waals surface area contributed by atoms with Gasteiger partial charge in [-0.15, -0.1) is 11.3 Å². The zero-order valence-corrected chi connectivity index (χ0v) is 15.8. The summed E-state index contributed by atoms with van der Waals surface area (Å²) in [7, 11) is -1.99. The zero-order valence-electron chi connectivity index (χ0n) is 12.6. The molecule has 0 saturated carbocycles. The van der Waals surface area contributed by atoms with Crippen LogP contribution in [0.2, 0.25) is 0 Å². The number of hydrogen-bond acceptors (Lipinski definition) is 4. The summed E-state index contributed by atoms with van der Waals surface area (Å²) in [6, 6.07) is 14.2. The molecule has 23 heavy (non-hydrogen) atoms. The third-order valence-corrected chi connectivity index (χ3v) is 7.31. The minimum Gasteiger partial charge on any atom is -0.239 e. The Labute approximate surface area is 148 Å². The molecule has 0 radical (unpaired) electrons. The highest BCUT2D eigenvalue weighted by Crippen LogP contribution is 2.32. The van der Waals surface area contributed by atoms with Crippen molar-refractivity contribution >= 4 is 47.5 Å². The summed E-state index contributed by atoms with van der Waals surface area (Å²) in [6.45, 7) is 1.85. The monoisotopic (exact) mass is 410 g/mol. The maximum Gasteiger partial charge on any atom is 0.243 e. The number of halogens is 1. The van der Waals surface area contributed by atoms with Crippen LogP contribution < -0.4 is 0 Å². The van der Waals surface area contributed by atoms with Crippen molar-refractivity contribution in [2.45, 2.75) is 17.9 Å². The summed E-state index contributed by atoms with van der Waals surface area (Å²) in [6.07, 6.45) is 0. The molecule has 1 heterocycles. The van der Waals surface area contributed by atoms with Crippen LogP contribution in [0.3, 0.4) is 0 Å². The van der Waals surface area contributed by atoms with Gasteiger partial charge in [-0.3, -0.25) is 0 Å². The van der Waals surface area contributed by atoms with Gasteiger partial charge in [0.05, 0.1) is 21.2 Å². The Morgan fingerprint density at radius 1 is 1.17 bits per heavy atom. The first-order chi connectivity index (χ1) is 10.9. The van der Waals surface area contributed by atoms with Crippen LogP contribution in [0.5, 0.6) is 0 Å². The molecule has 2 aromatic carbocycles. The van der Waals surface area contributed by atoms with E-state index < -0.39 is 10.0 Å². The van der Waals surface area contributed by atoms with E-state index in [1.165, 1.54) is 15.6 Å². The van der Waals surface area contributed by atoms with Gasteiger partial charge in [0, 0.05) is 11.5 Å². The van der Waals surface area contributed by atoms with Crippen LogP contribution >= 0.6 is 27.3 Å². The second kappa shape index (κ2) is 6.32. The maximum atomic E-state index is 12.8. The first-order valence-corrected chi connectivity index (χ1v) is 10.0. The number of rotatable bonds is 4. The van der Waals surface area contributed by atoms with E-state index in [-0.39, 0.29) is 10.9 Å². The van der Waals surface area contributed by atoms with E-state index in [9.17, 15) is 8.42 Å². The fraction of sp³-hybridized carbons (Fsp3) is 0.188. The molecule has 0 bridgehead atoms. The number of hydrogen-bond donors (Lipinski definition) is 0. The van der Waals surface area contributed by atoms with Gasteiger partial charge in [0.1, 0.15) is 5.01 Å². The largest absolute Gasteiger partial charge is 0.243 e. The lowest BCUT2D eigenvalue weighted by atomic mass is 10.3. The van der Waals surface area contributed by atoms with E-state index in [4.69, 9.17) is 0 Å². The van der Waals surface area contributed by atoms with Gasteiger partial charge in [0.15, 0.2) is 0 Å². The van der Waals surface area contributed by atoms with Crippen LogP contribution in [-0.4, -0.2) is 24.8 Å². The molecular weight excluding hydrogens is 396 g/mol. The van der Waals surface area contributed by atoms with Gasteiger partial charge in [-0.05, 0) is 37.3 Å². The van der Waals surface area contributed by atoms with Crippen LogP contribution in [-0.2, 0) is 10.0 Å². The van der Waals surface area contributed by atoms with Crippen molar-refractivity contribution < 1.29 is 8.42 Å². The Bertz CT molecular complexity index is 920. The average Bonchev–Trinajstić information content (AvgIpc) is 2.97. The normalized spacial score (nSPS) is 13.6. The Morgan fingerprint density at radius 3 is 2.61 bits per heavy atom. The lowest BCUT2D eigenvalue weighted by molar-refractivity contribution is 0.397. The molecule has 0 amide bonds. The molecule has 4 nitrogen and oxygen atoms in total. The molecule has 3 rings (SSSR count). The van der Waals surface area contributed by atoms with E-state index in [1.807, 2.05) is 31.2 Å². The minimum absolute atomic E-state index is 0.266. The third-order valence-electron chi connectivity index (χ3n) is 3.69. The molecule has 0 aliphatic heterocycles. The van der Waals surface area contributed by atoms with Crippen LogP contribution in [0.4, 0.5) is 0 Å². The second-order valence-corrected chi connectivity index (χ2v) is 9.15. The molecule has 3 aromatic rings. The number of nitrogens with zero attached hydrogens (tertiary/aromatic N) is 2. The van der Waals surface area contributed by atoms with Gasteiger partial charge in [0.2, 0.25) is 10.0 Å². The summed E-state index contributed by atoms with van der Waals surface area (Å²) in [5.74, 6) is 0. The molecule has 0 aliphatic rings. The van der Waals surface area contributed by atoms with Gasteiger partial charge < -0.3 is 0 Å². The number of fused-ring (bicyclic) bond motifs is 1. The van der Waals surface area contributed by atoms with Gasteiger partial charge >= 0.3 is 0 Å². The van der Waals surface area contributed by atoms with Gasteiger partial charge in [0.25, 0.3) is 0 Å². The van der Waals surface area contributed by atoms with E-state index in [2.05, 4.69) is 20.9 Å². The number of aromatic nitrogens is 1. The predicted molar refractivity (Wildman–Crippen MR) is 97.1 cm³/mol. The Kier molecular flexibility index (Phi) is 4.55. The molecule has 0 spiro atoms. The number of sulfonamides is 1. The zero-order chi connectivity index (χ0) is 16.6. The predicted octanol–water partition coefficient (Wildman–Crippen LogP) is 4.44. The fourth-order valence-corrected chi connectivity index (χ4v) is 5.28. The summed E-state index contributed by atoms with van der Waals surface area (Å²) >= 11 is 4.84. The first-order valence-electron chi connectivity index (χ1n) is 6.98. The SMILES string of the molecule is C[C@@H](c1nc2ccccc2s1)N(C)S(=O)(=O)c1cccc(Br)c1. The average molecular weight is 411 g/mol. The second-order valence-electron chi connectivity index (χ2n) is 5.17. The molecule has 120 valence electrons. The van der Waals surface area contributed by atoms with Crippen LogP contribution in [0.25, 0.3) is 10.2 Å². The van der Waals surface area contributed by atoms with E-state index >= 15 is 0 Å². The maximum absolute atomic E-state index is 12.8. The standard InChI is InChI=1S/C16H15BrN2O2S2/c1-11(16-18-14-8-3-4-9-15(14)22-16)19(2)23(20,21)13-7-5-6-12(17)10-13/h3-11H,1-2H3/t11-/m0/s1. The van der Waals surface area contributed by atoms with Gasteiger partial charge in [-0.2, -0.15) is 4.31 Å². The van der Waals surface area contributed by atoms with Crippen LogP contribution in [0.15, 0.2) is 57.9 Å². The Hall–Kier alpha value is -1.28. The fourth-order valence-electron chi connectivity index (χ4n) is 2.23. The van der Waals surface area contributed by atoms with Crippen molar-refractivity contribution in [2.24, 2.45) is 0 Å². The molecule has 1 atom stereocenters. The quantitative estimate of drug-likeness (QED) is 0.638. The summed E-state index contributed by atoms with van der Waals surface area (Å²) in [5, 5.41) is 0.785. The van der Waals surface area contributed by atoms with Gasteiger partial charge in [-0.25, -0.2) is 13.4 Å². The lowest BCUT2D eigenvalue weighted by Crippen LogP contribution is -2.29. The number of benzene rings is 2. The first kappa shape index (κ1) is 16.6. The van der Waals surface area contributed by atoms with Crippen molar-refractivity contribution in [1.82, 2.24) is 9.29 Å². The summed E-state index contributed by atoms with van der Waals surface area (Å²) < 4.78 is 28.8. The molecule has 0 N–H and O–H groups in total. The van der Waals surface area contributed by atoms with Crippen molar-refractivity contribution in [3.63, 3.8) is 0 Å². The highest BCUT2D eigenvalue weighted by atomic mass is 79.9. The minimum atomic E-state index is -3.58. The molecule has 7 heteroatoms. The molecule has 0 unspecified atom stereocenters. The van der Waals surface area contributed by atoms with Crippen molar-refractivity contribution in [2.75, 3.05) is 7.05 Å². The molecular formula is C16H15BrN2O2S2. The van der Waals surface area contributed by atoms with Crippen LogP contribution in [0, 0.1) is 0 Å². The lowest BCUT2D eigenvalue weighted by Gasteiger charge is -2.22. The smallest absolute Gasteiger partial charge is 0.239 e. The highest BCUT2D eigenvalue weighted by molar-refractivity contribution is 9.10. The third kappa shape index (κ3) is 3.19. The molecule has 0 aliphatic carbocycles. The molecule has 0 saturated heterocycles. The summed E-state index contributed by atoms with van der Waals surface area (Å²) in [5.41, 5.74) is 0.896. The molecule has 0 fully saturated rings. The molecule has 1 aromatic heterocycles. The van der Waals surface area contributed by atoms with E-state index in [0.29, 0.717) is 0 Å². The van der Waals surface area contributed by atoms with Crippen molar-refractivity contribution in [1.29, 1.82) is 0 Å². The Balaban J connectivity index is 1.96. The Morgan fingerprint density at radius 2 is 1.91 bits per heavy atom. The summed E-state index contributed by atoms with van der Waals surface area (Å²) in [4.78, 5) is 4.83. The van der Waals surface area contributed by atoms with Crippen molar-refractivity contribution in [3.8, 4) is 0 Å².